The molecule has 1 fully saturated rings. The predicted molar refractivity (Wildman–Crippen MR) is 112 cm³/mol. The topological polar surface area (TPSA) is 58.6 Å². The van der Waals surface area contributed by atoms with Crippen LogP contribution in [0.3, 0.4) is 0 Å². The number of rotatable bonds is 5. The third-order valence-corrected chi connectivity index (χ3v) is 6.64. The second-order valence-electron chi connectivity index (χ2n) is 7.57. The highest BCUT2D eigenvalue weighted by Crippen LogP contribution is 2.38. The summed E-state index contributed by atoms with van der Waals surface area (Å²) in [4.78, 5) is 28.9. The fraction of sp³-hybridized carbons (Fsp3) is 0.700. The molecule has 0 bridgehead atoms. The number of halogens is 1. The van der Waals surface area contributed by atoms with Crippen molar-refractivity contribution in [1.29, 1.82) is 0 Å². The minimum atomic E-state index is -0.304. The summed E-state index contributed by atoms with van der Waals surface area (Å²) in [6.07, 6.45) is 6.19. The largest absolute Gasteiger partial charge is 0.462 e. The number of thiophene rings is 1. The van der Waals surface area contributed by atoms with Gasteiger partial charge in [-0.2, -0.15) is 0 Å². The molecule has 1 saturated carbocycles. The lowest BCUT2D eigenvalue weighted by atomic mass is 9.88. The summed E-state index contributed by atoms with van der Waals surface area (Å²) in [5.74, 6) is -0.165. The molecule has 0 unspecified atom stereocenters. The van der Waals surface area contributed by atoms with Gasteiger partial charge in [0.2, 0.25) is 5.91 Å². The van der Waals surface area contributed by atoms with Crippen molar-refractivity contribution in [3.05, 3.63) is 16.0 Å². The van der Waals surface area contributed by atoms with Gasteiger partial charge in [-0.15, -0.1) is 23.7 Å². The van der Waals surface area contributed by atoms with Gasteiger partial charge in [0.05, 0.1) is 12.2 Å². The Morgan fingerprint density at radius 2 is 1.96 bits per heavy atom. The number of esters is 1. The van der Waals surface area contributed by atoms with E-state index in [2.05, 4.69) is 24.1 Å². The van der Waals surface area contributed by atoms with E-state index in [0.29, 0.717) is 23.2 Å². The number of hydrogen-bond donors (Lipinski definition) is 1. The highest BCUT2D eigenvalue weighted by molar-refractivity contribution is 7.17. The summed E-state index contributed by atoms with van der Waals surface area (Å²) < 4.78 is 5.30. The Morgan fingerprint density at radius 3 is 2.59 bits per heavy atom. The van der Waals surface area contributed by atoms with E-state index in [1.165, 1.54) is 11.3 Å². The Bertz CT molecular complexity index is 668. The van der Waals surface area contributed by atoms with Crippen molar-refractivity contribution < 1.29 is 14.3 Å². The molecule has 152 valence electrons. The zero-order valence-electron chi connectivity index (χ0n) is 16.5. The Hall–Kier alpha value is -1.11. The smallest absolute Gasteiger partial charge is 0.341 e. The highest BCUT2D eigenvalue weighted by Gasteiger charge is 2.31. The van der Waals surface area contributed by atoms with E-state index in [1.54, 1.807) is 11.3 Å². The van der Waals surface area contributed by atoms with Crippen molar-refractivity contribution in [3.63, 3.8) is 0 Å². The SMILES string of the molecule is CCOC(=O)c1c(NC(=O)C2CCCCC2)sc2c1CCN(C(C)C)C2.Cl. The summed E-state index contributed by atoms with van der Waals surface area (Å²) in [5.41, 5.74) is 1.67. The van der Waals surface area contributed by atoms with Gasteiger partial charge in [0.25, 0.3) is 0 Å². The van der Waals surface area contributed by atoms with Crippen LogP contribution in [0.5, 0.6) is 0 Å². The summed E-state index contributed by atoms with van der Waals surface area (Å²) in [5, 5.41) is 3.77. The van der Waals surface area contributed by atoms with Gasteiger partial charge >= 0.3 is 5.97 Å². The molecule has 2 heterocycles. The normalized spacial score (nSPS) is 17.9. The fourth-order valence-corrected chi connectivity index (χ4v) is 5.21. The van der Waals surface area contributed by atoms with Gasteiger partial charge in [-0.3, -0.25) is 9.69 Å². The Morgan fingerprint density at radius 1 is 1.26 bits per heavy atom. The van der Waals surface area contributed by atoms with Crippen LogP contribution < -0.4 is 5.32 Å². The minimum absolute atomic E-state index is 0. The van der Waals surface area contributed by atoms with Gasteiger partial charge in [-0.05, 0) is 45.6 Å². The number of fused-ring (bicyclic) bond motifs is 1. The van der Waals surface area contributed by atoms with Crippen molar-refractivity contribution in [3.8, 4) is 0 Å². The van der Waals surface area contributed by atoms with Gasteiger partial charge in [-0.25, -0.2) is 4.79 Å². The molecule has 2 aliphatic rings. The van der Waals surface area contributed by atoms with Gasteiger partial charge < -0.3 is 10.1 Å². The number of anilines is 1. The van der Waals surface area contributed by atoms with Gasteiger partial charge in [0, 0.05) is 29.9 Å². The number of amides is 1. The minimum Gasteiger partial charge on any atom is -0.462 e. The van der Waals surface area contributed by atoms with Crippen LogP contribution in [-0.4, -0.2) is 36.0 Å². The predicted octanol–water partition coefficient (Wildman–Crippen LogP) is 4.63. The lowest BCUT2D eigenvalue weighted by Crippen LogP contribution is -2.35. The standard InChI is InChI=1S/C20H30N2O3S.ClH/c1-4-25-20(24)17-15-10-11-22(13(2)3)12-16(15)26-19(17)21-18(23)14-8-6-5-7-9-14;/h13-14H,4-12H2,1-3H3,(H,21,23);1H. The maximum Gasteiger partial charge on any atom is 0.341 e. The first-order valence-electron chi connectivity index (χ1n) is 9.87. The molecule has 7 heteroatoms. The van der Waals surface area contributed by atoms with E-state index < -0.39 is 0 Å². The van der Waals surface area contributed by atoms with Crippen LogP contribution in [-0.2, 0) is 22.5 Å². The lowest BCUT2D eigenvalue weighted by molar-refractivity contribution is -0.120. The molecule has 1 aromatic rings. The van der Waals surface area contributed by atoms with E-state index in [1.807, 2.05) is 6.92 Å². The molecular weight excluding hydrogens is 384 g/mol. The summed E-state index contributed by atoms with van der Waals surface area (Å²) in [6, 6.07) is 0.469. The number of ether oxygens (including phenoxy) is 1. The molecule has 1 aliphatic carbocycles. The molecule has 27 heavy (non-hydrogen) atoms. The molecule has 0 spiro atoms. The quantitative estimate of drug-likeness (QED) is 0.713. The first-order valence-corrected chi connectivity index (χ1v) is 10.7. The first-order chi connectivity index (χ1) is 12.5. The molecule has 0 atom stereocenters. The van der Waals surface area contributed by atoms with Crippen molar-refractivity contribution in [2.75, 3.05) is 18.5 Å². The van der Waals surface area contributed by atoms with Crippen LogP contribution >= 0.6 is 23.7 Å². The van der Waals surface area contributed by atoms with Crippen LogP contribution in [0.1, 0.15) is 73.7 Å². The number of nitrogens with zero attached hydrogens (tertiary/aromatic N) is 1. The van der Waals surface area contributed by atoms with Crippen LogP contribution in [0.15, 0.2) is 0 Å². The van der Waals surface area contributed by atoms with E-state index in [0.717, 1.165) is 50.8 Å². The van der Waals surface area contributed by atoms with Crippen LogP contribution in [0.25, 0.3) is 0 Å². The van der Waals surface area contributed by atoms with Gasteiger partial charge in [0.15, 0.2) is 0 Å². The number of hydrogen-bond acceptors (Lipinski definition) is 5. The van der Waals surface area contributed by atoms with Crippen LogP contribution in [0, 0.1) is 5.92 Å². The molecule has 3 rings (SSSR count). The molecule has 0 saturated heterocycles. The van der Waals surface area contributed by atoms with Crippen LogP contribution in [0.2, 0.25) is 0 Å². The molecule has 0 radical (unpaired) electrons. The Balaban J connectivity index is 0.00000261. The molecule has 1 amide bonds. The molecule has 1 N–H and O–H groups in total. The average molecular weight is 415 g/mol. The number of carbonyl (C=O) groups is 2. The second-order valence-corrected chi connectivity index (χ2v) is 8.67. The highest BCUT2D eigenvalue weighted by atomic mass is 35.5. The van der Waals surface area contributed by atoms with E-state index in [-0.39, 0.29) is 30.2 Å². The Labute approximate surface area is 172 Å². The first kappa shape index (κ1) is 22.2. The van der Waals surface area contributed by atoms with Crippen molar-refractivity contribution in [2.24, 2.45) is 5.92 Å². The molecule has 1 aromatic heterocycles. The zero-order valence-corrected chi connectivity index (χ0v) is 18.1. The van der Waals surface area contributed by atoms with Crippen molar-refractivity contribution in [1.82, 2.24) is 4.90 Å². The molecular formula is C20H31ClN2O3S. The zero-order chi connectivity index (χ0) is 18.7. The summed E-state index contributed by atoms with van der Waals surface area (Å²) in [6.45, 7) is 8.31. The average Bonchev–Trinajstić information content (AvgIpc) is 2.99. The monoisotopic (exact) mass is 414 g/mol. The Kier molecular flexibility index (Phi) is 8.13. The van der Waals surface area contributed by atoms with Crippen molar-refractivity contribution in [2.45, 2.75) is 71.9 Å². The third kappa shape index (κ3) is 5.04. The lowest BCUT2D eigenvalue weighted by Gasteiger charge is -2.30. The maximum atomic E-state index is 12.7. The van der Waals surface area contributed by atoms with Gasteiger partial charge in [-0.1, -0.05) is 19.3 Å². The van der Waals surface area contributed by atoms with E-state index in [9.17, 15) is 9.59 Å². The third-order valence-electron chi connectivity index (χ3n) is 5.51. The summed E-state index contributed by atoms with van der Waals surface area (Å²) >= 11 is 1.56. The maximum absolute atomic E-state index is 12.7. The van der Waals surface area contributed by atoms with Gasteiger partial charge in [0.1, 0.15) is 5.00 Å². The molecule has 1 aliphatic heterocycles. The molecule has 0 aromatic carbocycles. The van der Waals surface area contributed by atoms with Crippen molar-refractivity contribution >= 4 is 40.6 Å². The molecule has 5 nitrogen and oxygen atoms in total. The van der Waals surface area contributed by atoms with Crippen LogP contribution in [0.4, 0.5) is 5.00 Å². The summed E-state index contributed by atoms with van der Waals surface area (Å²) in [7, 11) is 0. The number of carbonyl (C=O) groups excluding carboxylic acids is 2. The fourth-order valence-electron chi connectivity index (χ4n) is 3.95. The van der Waals surface area contributed by atoms with E-state index in [4.69, 9.17) is 4.74 Å². The number of nitrogens with one attached hydrogen (secondary N) is 1. The van der Waals surface area contributed by atoms with E-state index >= 15 is 0 Å². The second kappa shape index (κ2) is 9.89.